The average molecular weight is 247 g/mol. The lowest BCUT2D eigenvalue weighted by Gasteiger charge is -2.06. The number of aromatic nitrogens is 3. The topological polar surface area (TPSA) is 77.2 Å². The second kappa shape index (κ2) is 5.81. The molecule has 2 rings (SSSR count). The van der Waals surface area contributed by atoms with Gasteiger partial charge in [-0.15, -0.1) is 0 Å². The number of ether oxygens (including phenoxy) is 1. The van der Waals surface area contributed by atoms with Gasteiger partial charge in [-0.3, -0.25) is 4.68 Å². The SMILES string of the molecule is O=C(O)c1cccc(OCCCn2cncn2)c1. The number of rotatable bonds is 6. The summed E-state index contributed by atoms with van der Waals surface area (Å²) in [6, 6.07) is 6.44. The molecule has 0 spiro atoms. The van der Waals surface area contributed by atoms with E-state index in [1.54, 1.807) is 23.1 Å². The van der Waals surface area contributed by atoms with Crippen molar-refractivity contribution < 1.29 is 14.6 Å². The van der Waals surface area contributed by atoms with Crippen molar-refractivity contribution in [3.05, 3.63) is 42.5 Å². The van der Waals surface area contributed by atoms with Crippen LogP contribution in [0.4, 0.5) is 0 Å². The molecule has 0 aliphatic heterocycles. The minimum absolute atomic E-state index is 0.226. The van der Waals surface area contributed by atoms with E-state index in [0.29, 0.717) is 12.4 Å². The number of aryl methyl sites for hydroxylation is 1. The molecule has 6 heteroatoms. The summed E-state index contributed by atoms with van der Waals surface area (Å²) in [4.78, 5) is 14.6. The fraction of sp³-hybridized carbons (Fsp3) is 0.250. The number of hydrogen-bond donors (Lipinski definition) is 1. The highest BCUT2D eigenvalue weighted by molar-refractivity contribution is 5.87. The van der Waals surface area contributed by atoms with Crippen molar-refractivity contribution in [2.75, 3.05) is 6.61 Å². The third-order valence-corrected chi connectivity index (χ3v) is 2.35. The predicted octanol–water partition coefficient (Wildman–Crippen LogP) is 1.45. The first-order chi connectivity index (χ1) is 8.75. The van der Waals surface area contributed by atoms with E-state index in [1.165, 1.54) is 18.5 Å². The Morgan fingerprint density at radius 2 is 2.33 bits per heavy atom. The molecule has 0 aliphatic carbocycles. The summed E-state index contributed by atoms with van der Waals surface area (Å²) in [6.45, 7) is 1.22. The molecule has 0 radical (unpaired) electrons. The Bertz CT molecular complexity index is 511. The zero-order chi connectivity index (χ0) is 12.8. The fourth-order valence-electron chi connectivity index (χ4n) is 1.48. The van der Waals surface area contributed by atoms with Gasteiger partial charge >= 0.3 is 5.97 Å². The van der Waals surface area contributed by atoms with Crippen molar-refractivity contribution in [2.45, 2.75) is 13.0 Å². The standard InChI is InChI=1S/C12H13N3O3/c16-12(17)10-3-1-4-11(7-10)18-6-2-5-15-9-13-8-14-15/h1,3-4,7-9H,2,5-6H2,(H,16,17). The summed E-state index contributed by atoms with van der Waals surface area (Å²) in [5.74, 6) is -0.392. The molecule has 0 saturated heterocycles. The maximum absolute atomic E-state index is 10.8. The normalized spacial score (nSPS) is 10.2. The van der Waals surface area contributed by atoms with Gasteiger partial charge in [0.05, 0.1) is 12.2 Å². The molecule has 0 saturated carbocycles. The maximum Gasteiger partial charge on any atom is 0.335 e. The number of hydrogen-bond acceptors (Lipinski definition) is 4. The average Bonchev–Trinajstić information content (AvgIpc) is 2.88. The van der Waals surface area contributed by atoms with Gasteiger partial charge in [-0.2, -0.15) is 5.10 Å². The highest BCUT2D eigenvalue weighted by Crippen LogP contribution is 2.13. The molecule has 0 fully saturated rings. The Hall–Kier alpha value is -2.37. The van der Waals surface area contributed by atoms with E-state index >= 15 is 0 Å². The number of carboxylic acid groups (broad SMARTS) is 1. The number of aromatic carboxylic acids is 1. The lowest BCUT2D eigenvalue weighted by Crippen LogP contribution is -2.05. The van der Waals surface area contributed by atoms with Crippen molar-refractivity contribution >= 4 is 5.97 Å². The van der Waals surface area contributed by atoms with Crippen molar-refractivity contribution in [1.29, 1.82) is 0 Å². The molecule has 1 heterocycles. The molecule has 0 atom stereocenters. The highest BCUT2D eigenvalue weighted by atomic mass is 16.5. The van der Waals surface area contributed by atoms with Gasteiger partial charge < -0.3 is 9.84 Å². The largest absolute Gasteiger partial charge is 0.494 e. The summed E-state index contributed by atoms with van der Waals surface area (Å²) < 4.78 is 7.19. The molecule has 1 N–H and O–H groups in total. The van der Waals surface area contributed by atoms with Gasteiger partial charge in [0, 0.05) is 13.0 Å². The molecule has 2 aromatic rings. The van der Waals surface area contributed by atoms with E-state index in [2.05, 4.69) is 10.1 Å². The lowest BCUT2D eigenvalue weighted by molar-refractivity contribution is 0.0696. The molecule has 0 amide bonds. The van der Waals surface area contributed by atoms with Gasteiger partial charge in [0.1, 0.15) is 18.4 Å². The molecule has 18 heavy (non-hydrogen) atoms. The predicted molar refractivity (Wildman–Crippen MR) is 63.5 cm³/mol. The number of benzene rings is 1. The molecule has 0 unspecified atom stereocenters. The zero-order valence-electron chi connectivity index (χ0n) is 9.69. The maximum atomic E-state index is 10.8. The Morgan fingerprint density at radius 1 is 1.44 bits per heavy atom. The minimum Gasteiger partial charge on any atom is -0.494 e. The molecular weight excluding hydrogens is 234 g/mol. The van der Waals surface area contributed by atoms with Gasteiger partial charge in [-0.25, -0.2) is 9.78 Å². The van der Waals surface area contributed by atoms with Crippen LogP contribution in [0.1, 0.15) is 16.8 Å². The summed E-state index contributed by atoms with van der Waals surface area (Å²) in [7, 11) is 0. The van der Waals surface area contributed by atoms with Crippen LogP contribution >= 0.6 is 0 Å². The number of carboxylic acids is 1. The Labute approximate surface area is 104 Å². The van der Waals surface area contributed by atoms with E-state index in [9.17, 15) is 4.79 Å². The quantitative estimate of drug-likeness (QED) is 0.781. The summed E-state index contributed by atoms with van der Waals surface area (Å²) >= 11 is 0. The van der Waals surface area contributed by atoms with Crippen molar-refractivity contribution in [3.8, 4) is 5.75 Å². The summed E-state index contributed by atoms with van der Waals surface area (Å²) in [5, 5.41) is 12.8. The highest BCUT2D eigenvalue weighted by Gasteiger charge is 2.03. The second-order valence-corrected chi connectivity index (χ2v) is 3.69. The van der Waals surface area contributed by atoms with Gasteiger partial charge in [0.25, 0.3) is 0 Å². The molecule has 1 aromatic heterocycles. The van der Waals surface area contributed by atoms with E-state index in [1.807, 2.05) is 0 Å². The van der Waals surface area contributed by atoms with Crippen molar-refractivity contribution in [3.63, 3.8) is 0 Å². The third kappa shape index (κ3) is 3.31. The van der Waals surface area contributed by atoms with Crippen molar-refractivity contribution in [2.24, 2.45) is 0 Å². The molecule has 1 aromatic carbocycles. The Morgan fingerprint density at radius 3 is 3.06 bits per heavy atom. The van der Waals surface area contributed by atoms with Gasteiger partial charge in [-0.1, -0.05) is 6.07 Å². The van der Waals surface area contributed by atoms with Crippen LogP contribution in [-0.4, -0.2) is 32.4 Å². The molecule has 0 aliphatic rings. The van der Waals surface area contributed by atoms with Crippen LogP contribution in [-0.2, 0) is 6.54 Å². The zero-order valence-corrected chi connectivity index (χ0v) is 9.69. The van der Waals surface area contributed by atoms with Crippen LogP contribution in [0.25, 0.3) is 0 Å². The van der Waals surface area contributed by atoms with Crippen LogP contribution < -0.4 is 4.74 Å². The second-order valence-electron chi connectivity index (χ2n) is 3.69. The van der Waals surface area contributed by atoms with Crippen LogP contribution in [0.3, 0.4) is 0 Å². The summed E-state index contributed by atoms with van der Waals surface area (Å²) in [6.07, 6.45) is 3.91. The van der Waals surface area contributed by atoms with Crippen LogP contribution in [0, 0.1) is 0 Å². The Kier molecular flexibility index (Phi) is 3.90. The minimum atomic E-state index is -0.955. The van der Waals surface area contributed by atoms with Gasteiger partial charge in [0.2, 0.25) is 0 Å². The third-order valence-electron chi connectivity index (χ3n) is 2.35. The first-order valence-corrected chi connectivity index (χ1v) is 5.54. The van der Waals surface area contributed by atoms with E-state index in [0.717, 1.165) is 13.0 Å². The van der Waals surface area contributed by atoms with Crippen LogP contribution in [0.15, 0.2) is 36.9 Å². The molecular formula is C12H13N3O3. The van der Waals surface area contributed by atoms with E-state index in [4.69, 9.17) is 9.84 Å². The fourth-order valence-corrected chi connectivity index (χ4v) is 1.48. The summed E-state index contributed by atoms with van der Waals surface area (Å²) in [5.41, 5.74) is 0.226. The first kappa shape index (κ1) is 12.1. The molecule has 94 valence electrons. The van der Waals surface area contributed by atoms with E-state index < -0.39 is 5.97 Å². The number of carbonyl (C=O) groups is 1. The van der Waals surface area contributed by atoms with Crippen molar-refractivity contribution in [1.82, 2.24) is 14.8 Å². The van der Waals surface area contributed by atoms with Crippen LogP contribution in [0.2, 0.25) is 0 Å². The molecule has 0 bridgehead atoms. The smallest absolute Gasteiger partial charge is 0.335 e. The first-order valence-electron chi connectivity index (χ1n) is 5.54. The number of nitrogens with zero attached hydrogens (tertiary/aromatic N) is 3. The van der Waals surface area contributed by atoms with E-state index in [-0.39, 0.29) is 5.56 Å². The molecule has 6 nitrogen and oxygen atoms in total. The van der Waals surface area contributed by atoms with Gasteiger partial charge in [0.15, 0.2) is 0 Å². The Balaban J connectivity index is 1.79. The lowest BCUT2D eigenvalue weighted by atomic mass is 10.2. The van der Waals surface area contributed by atoms with Gasteiger partial charge in [-0.05, 0) is 18.2 Å². The monoisotopic (exact) mass is 247 g/mol. The van der Waals surface area contributed by atoms with Crippen LogP contribution in [0.5, 0.6) is 5.75 Å².